The van der Waals surface area contributed by atoms with Crippen molar-refractivity contribution in [3.63, 3.8) is 0 Å². The lowest BCUT2D eigenvalue weighted by atomic mass is 9.96. The highest BCUT2D eigenvalue weighted by atomic mass is 16.5. The number of hydrogen-bond donors (Lipinski definition) is 2. The number of amides is 2. The summed E-state index contributed by atoms with van der Waals surface area (Å²) in [6.07, 6.45) is 1.43. The first-order chi connectivity index (χ1) is 13.9. The third kappa shape index (κ3) is 5.57. The van der Waals surface area contributed by atoms with E-state index in [0.717, 1.165) is 17.7 Å². The van der Waals surface area contributed by atoms with Crippen LogP contribution in [0.3, 0.4) is 0 Å². The lowest BCUT2D eigenvalue weighted by molar-refractivity contribution is -0.127. The Kier molecular flexibility index (Phi) is 6.54. The molecule has 6 heteroatoms. The van der Waals surface area contributed by atoms with Crippen molar-refractivity contribution >= 4 is 17.5 Å². The molecule has 0 unspecified atom stereocenters. The van der Waals surface area contributed by atoms with E-state index in [4.69, 9.17) is 4.74 Å². The topological polar surface area (TPSA) is 78.9 Å². The van der Waals surface area contributed by atoms with Gasteiger partial charge in [-0.3, -0.25) is 9.59 Å². The molecule has 1 fully saturated rings. The fourth-order valence-electron chi connectivity index (χ4n) is 3.48. The highest BCUT2D eigenvalue weighted by Crippen LogP contribution is 2.28. The van der Waals surface area contributed by atoms with E-state index in [-0.39, 0.29) is 24.8 Å². The lowest BCUT2D eigenvalue weighted by Gasteiger charge is -2.24. The molecule has 0 saturated carbocycles. The van der Waals surface area contributed by atoms with Crippen LogP contribution < -0.4 is 15.0 Å². The molecule has 2 amide bonds. The Morgan fingerprint density at radius 1 is 1.24 bits per heavy atom. The Morgan fingerprint density at radius 3 is 2.72 bits per heavy atom. The zero-order valence-corrected chi connectivity index (χ0v) is 16.9. The number of aryl methyl sites for hydroxylation is 1. The molecule has 2 N–H and O–H groups in total. The van der Waals surface area contributed by atoms with Gasteiger partial charge in [0.1, 0.15) is 5.75 Å². The van der Waals surface area contributed by atoms with Crippen molar-refractivity contribution in [2.75, 3.05) is 25.1 Å². The number of nitrogens with one attached hydrogen (secondary N) is 1. The number of carbonyl (C=O) groups is 2. The van der Waals surface area contributed by atoms with E-state index in [9.17, 15) is 14.7 Å². The molecule has 0 aliphatic carbocycles. The number of carbonyl (C=O) groups excluding carboxylic acids is 2. The van der Waals surface area contributed by atoms with Crippen LogP contribution in [0.25, 0.3) is 0 Å². The number of methoxy groups -OCH3 is 1. The monoisotopic (exact) mass is 396 g/mol. The Bertz CT molecular complexity index is 851. The molecule has 0 aromatic heterocycles. The predicted octanol–water partition coefficient (Wildman–Crippen LogP) is 2.55. The van der Waals surface area contributed by atoms with Crippen LogP contribution in [-0.2, 0) is 16.0 Å². The van der Waals surface area contributed by atoms with Gasteiger partial charge in [0, 0.05) is 31.3 Å². The van der Waals surface area contributed by atoms with Gasteiger partial charge < -0.3 is 20.1 Å². The van der Waals surface area contributed by atoms with Gasteiger partial charge in [-0.25, -0.2) is 0 Å². The summed E-state index contributed by atoms with van der Waals surface area (Å²) in [5, 5.41) is 13.4. The van der Waals surface area contributed by atoms with Crippen LogP contribution >= 0.6 is 0 Å². The average Bonchev–Trinajstić information content (AvgIpc) is 3.13. The summed E-state index contributed by atoms with van der Waals surface area (Å²) >= 11 is 0. The van der Waals surface area contributed by atoms with Crippen molar-refractivity contribution in [3.8, 4) is 5.75 Å². The van der Waals surface area contributed by atoms with Gasteiger partial charge in [0.05, 0.1) is 18.6 Å². The molecular weight excluding hydrogens is 368 g/mol. The third-order valence-electron chi connectivity index (χ3n) is 5.30. The SMILES string of the molecule is COc1cccc(N2C[C@H](C(=O)NC[C@@](C)(O)CCc3ccccc3)CC2=O)c1. The average molecular weight is 396 g/mol. The zero-order valence-electron chi connectivity index (χ0n) is 16.9. The Morgan fingerprint density at radius 2 is 2.00 bits per heavy atom. The van der Waals surface area contributed by atoms with E-state index in [1.54, 1.807) is 25.0 Å². The molecule has 2 aromatic carbocycles. The molecule has 1 aliphatic heterocycles. The fourth-order valence-corrected chi connectivity index (χ4v) is 3.48. The summed E-state index contributed by atoms with van der Waals surface area (Å²) in [6, 6.07) is 17.2. The van der Waals surface area contributed by atoms with E-state index in [0.29, 0.717) is 18.7 Å². The maximum atomic E-state index is 12.6. The molecule has 2 aromatic rings. The van der Waals surface area contributed by atoms with Gasteiger partial charge in [-0.1, -0.05) is 36.4 Å². The van der Waals surface area contributed by atoms with Gasteiger partial charge in [-0.15, -0.1) is 0 Å². The van der Waals surface area contributed by atoms with Crippen molar-refractivity contribution in [1.82, 2.24) is 5.32 Å². The highest BCUT2D eigenvalue weighted by Gasteiger charge is 2.35. The van der Waals surface area contributed by atoms with Crippen molar-refractivity contribution in [1.29, 1.82) is 0 Å². The Balaban J connectivity index is 1.52. The minimum atomic E-state index is -1.01. The standard InChI is InChI=1S/C23H28N2O4/c1-23(28,12-11-17-7-4-3-5-8-17)16-24-22(27)18-13-21(26)25(15-18)19-9-6-10-20(14-19)29-2/h3-10,14,18,28H,11-13,15-16H2,1-2H3,(H,24,27)/t18-,23+/m1/s1. The minimum Gasteiger partial charge on any atom is -0.497 e. The quantitative estimate of drug-likeness (QED) is 0.719. The molecule has 1 saturated heterocycles. The van der Waals surface area contributed by atoms with Crippen LogP contribution in [0.2, 0.25) is 0 Å². The summed E-state index contributed by atoms with van der Waals surface area (Å²) in [5.74, 6) is -0.0609. The second-order valence-electron chi connectivity index (χ2n) is 7.81. The summed E-state index contributed by atoms with van der Waals surface area (Å²) in [6.45, 7) is 2.20. The molecule has 1 heterocycles. The molecule has 2 atom stereocenters. The van der Waals surface area contributed by atoms with Crippen molar-refractivity contribution in [3.05, 3.63) is 60.2 Å². The van der Waals surface area contributed by atoms with Crippen LogP contribution in [-0.4, -0.2) is 42.7 Å². The van der Waals surface area contributed by atoms with Crippen LogP contribution in [0.4, 0.5) is 5.69 Å². The van der Waals surface area contributed by atoms with Crippen LogP contribution in [0.5, 0.6) is 5.75 Å². The fraction of sp³-hybridized carbons (Fsp3) is 0.391. The first-order valence-corrected chi connectivity index (χ1v) is 9.86. The molecule has 6 nitrogen and oxygen atoms in total. The van der Waals surface area contributed by atoms with Crippen molar-refractivity contribution < 1.29 is 19.4 Å². The molecule has 3 rings (SSSR count). The second-order valence-corrected chi connectivity index (χ2v) is 7.81. The second kappa shape index (κ2) is 9.09. The summed E-state index contributed by atoms with van der Waals surface area (Å²) in [7, 11) is 1.57. The maximum absolute atomic E-state index is 12.6. The molecule has 1 aliphatic rings. The van der Waals surface area contributed by atoms with Crippen LogP contribution in [0, 0.1) is 5.92 Å². The number of ether oxygens (including phenoxy) is 1. The van der Waals surface area contributed by atoms with E-state index in [2.05, 4.69) is 5.32 Å². The summed E-state index contributed by atoms with van der Waals surface area (Å²) in [5.41, 5.74) is 0.856. The summed E-state index contributed by atoms with van der Waals surface area (Å²) < 4.78 is 5.21. The van der Waals surface area contributed by atoms with E-state index >= 15 is 0 Å². The molecule has 154 valence electrons. The zero-order chi connectivity index (χ0) is 20.9. The number of rotatable bonds is 8. The maximum Gasteiger partial charge on any atom is 0.227 e. The largest absolute Gasteiger partial charge is 0.497 e. The number of hydrogen-bond acceptors (Lipinski definition) is 4. The van der Waals surface area contributed by atoms with Crippen LogP contribution in [0.15, 0.2) is 54.6 Å². The van der Waals surface area contributed by atoms with Gasteiger partial charge in [0.25, 0.3) is 0 Å². The van der Waals surface area contributed by atoms with Crippen LogP contribution in [0.1, 0.15) is 25.3 Å². The first kappa shape index (κ1) is 20.9. The number of aliphatic hydroxyl groups is 1. The predicted molar refractivity (Wildman–Crippen MR) is 112 cm³/mol. The van der Waals surface area contributed by atoms with Gasteiger partial charge in [0.15, 0.2) is 0 Å². The summed E-state index contributed by atoms with van der Waals surface area (Å²) in [4.78, 5) is 26.6. The highest BCUT2D eigenvalue weighted by molar-refractivity contribution is 6.00. The molecule has 0 radical (unpaired) electrons. The number of benzene rings is 2. The molecule has 0 bridgehead atoms. The molecule has 0 spiro atoms. The van der Waals surface area contributed by atoms with E-state index in [1.165, 1.54) is 0 Å². The van der Waals surface area contributed by atoms with Gasteiger partial charge in [-0.05, 0) is 37.5 Å². The van der Waals surface area contributed by atoms with E-state index < -0.39 is 11.5 Å². The van der Waals surface area contributed by atoms with Gasteiger partial charge in [-0.2, -0.15) is 0 Å². The molecule has 29 heavy (non-hydrogen) atoms. The smallest absolute Gasteiger partial charge is 0.227 e. The Labute approximate surface area is 171 Å². The van der Waals surface area contributed by atoms with Gasteiger partial charge in [0.2, 0.25) is 11.8 Å². The number of anilines is 1. The third-order valence-corrected chi connectivity index (χ3v) is 5.30. The Hall–Kier alpha value is -2.86. The van der Waals surface area contributed by atoms with Crippen molar-refractivity contribution in [2.45, 2.75) is 31.8 Å². The van der Waals surface area contributed by atoms with Gasteiger partial charge >= 0.3 is 0 Å². The number of nitrogens with zero attached hydrogens (tertiary/aromatic N) is 1. The first-order valence-electron chi connectivity index (χ1n) is 9.86. The lowest BCUT2D eigenvalue weighted by Crippen LogP contribution is -2.43. The molecular formula is C23H28N2O4. The van der Waals surface area contributed by atoms with Crippen molar-refractivity contribution in [2.24, 2.45) is 5.92 Å². The normalized spacial score (nSPS) is 18.4. The van der Waals surface area contributed by atoms with E-state index in [1.807, 2.05) is 48.5 Å². The minimum absolute atomic E-state index is 0.0887.